The molecule has 3 N–H and O–H groups in total. The second-order valence-electron chi connectivity index (χ2n) is 4.38. The van der Waals surface area contributed by atoms with Crippen LogP contribution in [0.15, 0.2) is 12.4 Å². The van der Waals surface area contributed by atoms with Crippen LogP contribution in [0, 0.1) is 0 Å². The summed E-state index contributed by atoms with van der Waals surface area (Å²) in [6.45, 7) is 4.10. The Labute approximate surface area is 112 Å². The third-order valence-corrected chi connectivity index (χ3v) is 3.15. The number of aromatic nitrogens is 2. The first kappa shape index (κ1) is 13.7. The molecular weight excluding hydrogens is 246 g/mol. The van der Waals surface area contributed by atoms with Crippen molar-refractivity contribution in [1.29, 1.82) is 0 Å². The van der Waals surface area contributed by atoms with Gasteiger partial charge in [-0.3, -0.25) is 4.79 Å². The van der Waals surface area contributed by atoms with Crippen molar-refractivity contribution in [3.8, 4) is 0 Å². The number of nitrogen functional groups attached to an aromatic ring is 1. The van der Waals surface area contributed by atoms with Crippen LogP contribution >= 0.6 is 0 Å². The second kappa shape index (κ2) is 6.44. The molecule has 2 rings (SSSR count). The van der Waals surface area contributed by atoms with Gasteiger partial charge in [0.2, 0.25) is 0 Å². The van der Waals surface area contributed by atoms with E-state index in [1.165, 1.54) is 12.4 Å². The number of nitrogens with one attached hydrogen (secondary N) is 1. The number of hydrazine groups is 1. The van der Waals surface area contributed by atoms with Crippen LogP contribution in [0.2, 0.25) is 0 Å². The third-order valence-electron chi connectivity index (χ3n) is 3.15. The Morgan fingerprint density at radius 1 is 1.47 bits per heavy atom. The number of nitrogens with zero attached hydrogens (tertiary/aromatic N) is 3. The lowest BCUT2D eigenvalue weighted by Gasteiger charge is -2.31. The van der Waals surface area contributed by atoms with Crippen molar-refractivity contribution in [3.63, 3.8) is 0 Å². The van der Waals surface area contributed by atoms with Gasteiger partial charge in [0.25, 0.3) is 5.91 Å². The minimum absolute atomic E-state index is 0.0916. The molecule has 2 heterocycles. The fourth-order valence-electron chi connectivity index (χ4n) is 2.14. The lowest BCUT2D eigenvalue weighted by molar-refractivity contribution is 0.0144. The fraction of sp³-hybridized carbons (Fsp3) is 0.583. The summed E-state index contributed by atoms with van der Waals surface area (Å²) in [7, 11) is 0. The summed E-state index contributed by atoms with van der Waals surface area (Å²) in [4.78, 5) is 22.0. The van der Waals surface area contributed by atoms with Gasteiger partial charge >= 0.3 is 0 Å². The molecule has 0 aliphatic carbocycles. The maximum atomic E-state index is 12.2. The van der Waals surface area contributed by atoms with E-state index in [9.17, 15) is 4.79 Å². The lowest BCUT2D eigenvalue weighted by Crippen LogP contribution is -2.41. The maximum absolute atomic E-state index is 12.2. The number of likely N-dealkylation sites (tertiary alicyclic amines) is 1. The molecule has 1 amide bonds. The zero-order valence-electron chi connectivity index (χ0n) is 11.0. The van der Waals surface area contributed by atoms with Gasteiger partial charge in [0.05, 0.1) is 18.5 Å². The summed E-state index contributed by atoms with van der Waals surface area (Å²) in [6.07, 6.45) is 4.89. The van der Waals surface area contributed by atoms with E-state index in [4.69, 9.17) is 10.6 Å². The second-order valence-corrected chi connectivity index (χ2v) is 4.38. The Bertz CT molecular complexity index is 415. The van der Waals surface area contributed by atoms with E-state index < -0.39 is 0 Å². The Balaban J connectivity index is 1.93. The predicted octanol–water partition coefficient (Wildman–Crippen LogP) is 0.403. The van der Waals surface area contributed by atoms with Crippen LogP contribution in [0.3, 0.4) is 0 Å². The molecule has 0 atom stereocenters. The summed E-state index contributed by atoms with van der Waals surface area (Å²) in [5.74, 6) is 5.55. The zero-order chi connectivity index (χ0) is 13.7. The van der Waals surface area contributed by atoms with Crippen LogP contribution in [0.25, 0.3) is 0 Å². The average molecular weight is 265 g/mol. The van der Waals surface area contributed by atoms with Crippen LogP contribution in [-0.4, -0.2) is 46.6 Å². The number of rotatable bonds is 4. The minimum atomic E-state index is -0.0916. The number of piperidine rings is 1. The SMILES string of the molecule is CCOC1CCN(C(=O)c2cnc(NN)cn2)CC1. The van der Waals surface area contributed by atoms with Gasteiger partial charge in [-0.25, -0.2) is 15.8 Å². The Kier molecular flexibility index (Phi) is 4.64. The van der Waals surface area contributed by atoms with E-state index in [1.807, 2.05) is 6.92 Å². The monoisotopic (exact) mass is 265 g/mol. The molecule has 1 aliphatic rings. The quantitative estimate of drug-likeness (QED) is 0.604. The molecule has 1 aliphatic heterocycles. The molecule has 0 aromatic carbocycles. The number of nitrogens with two attached hydrogens (primary N) is 1. The van der Waals surface area contributed by atoms with Crippen LogP contribution in [0.4, 0.5) is 5.82 Å². The van der Waals surface area contributed by atoms with Crippen molar-refractivity contribution < 1.29 is 9.53 Å². The van der Waals surface area contributed by atoms with Crippen molar-refractivity contribution >= 4 is 11.7 Å². The first-order valence-electron chi connectivity index (χ1n) is 6.44. The Morgan fingerprint density at radius 2 is 2.21 bits per heavy atom. The van der Waals surface area contributed by atoms with E-state index in [2.05, 4.69) is 15.4 Å². The number of amides is 1. The highest BCUT2D eigenvalue weighted by Gasteiger charge is 2.24. The fourth-order valence-corrected chi connectivity index (χ4v) is 2.14. The first-order valence-corrected chi connectivity index (χ1v) is 6.44. The van der Waals surface area contributed by atoms with Gasteiger partial charge in [-0.05, 0) is 19.8 Å². The Hall–Kier alpha value is -1.73. The topological polar surface area (TPSA) is 93.4 Å². The van der Waals surface area contributed by atoms with Gasteiger partial charge in [-0.2, -0.15) is 0 Å². The van der Waals surface area contributed by atoms with Gasteiger partial charge < -0.3 is 15.1 Å². The molecule has 0 unspecified atom stereocenters. The van der Waals surface area contributed by atoms with Gasteiger partial charge in [0.1, 0.15) is 5.69 Å². The van der Waals surface area contributed by atoms with Crippen molar-refractivity contribution in [3.05, 3.63) is 18.1 Å². The van der Waals surface area contributed by atoms with Crippen molar-refractivity contribution in [2.24, 2.45) is 5.84 Å². The normalized spacial score (nSPS) is 16.4. The summed E-state index contributed by atoms with van der Waals surface area (Å²) in [5, 5.41) is 0. The maximum Gasteiger partial charge on any atom is 0.274 e. The summed E-state index contributed by atoms with van der Waals surface area (Å²) >= 11 is 0. The number of ether oxygens (including phenoxy) is 1. The number of hydrogen-bond acceptors (Lipinski definition) is 6. The van der Waals surface area contributed by atoms with Crippen molar-refractivity contribution in [2.45, 2.75) is 25.9 Å². The molecule has 1 aromatic heterocycles. The molecule has 0 spiro atoms. The highest BCUT2D eigenvalue weighted by atomic mass is 16.5. The van der Waals surface area contributed by atoms with Crippen LogP contribution in [-0.2, 0) is 4.74 Å². The van der Waals surface area contributed by atoms with E-state index >= 15 is 0 Å². The molecule has 7 nitrogen and oxygen atoms in total. The van der Waals surface area contributed by atoms with E-state index in [1.54, 1.807) is 4.90 Å². The molecule has 7 heteroatoms. The lowest BCUT2D eigenvalue weighted by atomic mass is 10.1. The molecule has 0 radical (unpaired) electrons. The highest BCUT2D eigenvalue weighted by Crippen LogP contribution is 2.15. The molecule has 0 saturated carbocycles. The summed E-state index contributed by atoms with van der Waals surface area (Å²) < 4.78 is 5.56. The molecule has 1 saturated heterocycles. The molecule has 0 bridgehead atoms. The number of hydrogen-bond donors (Lipinski definition) is 2. The smallest absolute Gasteiger partial charge is 0.274 e. The molecule has 104 valence electrons. The molecular formula is C12H19N5O2. The van der Waals surface area contributed by atoms with Gasteiger partial charge in [-0.1, -0.05) is 0 Å². The van der Waals surface area contributed by atoms with Crippen LogP contribution in [0.1, 0.15) is 30.3 Å². The molecule has 1 fully saturated rings. The largest absolute Gasteiger partial charge is 0.378 e. The summed E-state index contributed by atoms with van der Waals surface area (Å²) in [6, 6.07) is 0. The van der Waals surface area contributed by atoms with Gasteiger partial charge in [-0.15, -0.1) is 0 Å². The number of carbonyl (C=O) groups excluding carboxylic acids is 1. The van der Waals surface area contributed by atoms with E-state index in [0.717, 1.165) is 19.4 Å². The zero-order valence-corrected chi connectivity index (χ0v) is 11.0. The van der Waals surface area contributed by atoms with Crippen molar-refractivity contribution in [1.82, 2.24) is 14.9 Å². The van der Waals surface area contributed by atoms with Gasteiger partial charge in [0, 0.05) is 19.7 Å². The number of carbonyl (C=O) groups is 1. The van der Waals surface area contributed by atoms with E-state index in [0.29, 0.717) is 24.6 Å². The first-order chi connectivity index (χ1) is 9.24. The molecule has 1 aromatic rings. The Morgan fingerprint density at radius 3 is 2.74 bits per heavy atom. The average Bonchev–Trinajstić information content (AvgIpc) is 2.48. The van der Waals surface area contributed by atoms with E-state index in [-0.39, 0.29) is 12.0 Å². The molecule has 19 heavy (non-hydrogen) atoms. The predicted molar refractivity (Wildman–Crippen MR) is 70.4 cm³/mol. The van der Waals surface area contributed by atoms with Crippen LogP contribution in [0.5, 0.6) is 0 Å². The van der Waals surface area contributed by atoms with Gasteiger partial charge in [0.15, 0.2) is 5.82 Å². The number of anilines is 1. The third kappa shape index (κ3) is 3.39. The standard InChI is InChI=1S/C12H19N5O2/c1-2-19-9-3-5-17(6-4-9)12(18)10-7-15-11(16-13)8-14-10/h7-9H,2-6,13H2,1H3,(H,15,16). The van der Waals surface area contributed by atoms with Crippen molar-refractivity contribution in [2.75, 3.05) is 25.1 Å². The minimum Gasteiger partial charge on any atom is -0.378 e. The highest BCUT2D eigenvalue weighted by molar-refractivity contribution is 5.92. The summed E-state index contributed by atoms with van der Waals surface area (Å²) in [5.41, 5.74) is 2.72. The van der Waals surface area contributed by atoms with Crippen LogP contribution < -0.4 is 11.3 Å².